The number of benzene rings is 2. The number of sulfone groups is 1. The van der Waals surface area contributed by atoms with Gasteiger partial charge in [0, 0.05) is 24.3 Å². The standard InChI is InChI=1S/C13H7F4NO5S/c14-7-3-8(15)5-9(4-7)23-12-2-1-10(6-11(12)18(19)20)24(21,22)13(16)17/h1-6,13H. The van der Waals surface area contributed by atoms with Gasteiger partial charge < -0.3 is 4.74 Å². The van der Waals surface area contributed by atoms with Crippen molar-refractivity contribution in [3.05, 3.63) is 58.1 Å². The summed E-state index contributed by atoms with van der Waals surface area (Å²) < 4.78 is 78.8. The van der Waals surface area contributed by atoms with Gasteiger partial charge in [0.2, 0.25) is 15.6 Å². The molecule has 0 spiro atoms. The van der Waals surface area contributed by atoms with Crippen molar-refractivity contribution in [3.8, 4) is 11.5 Å². The second-order valence-corrected chi connectivity index (χ2v) is 6.32. The highest BCUT2D eigenvalue weighted by atomic mass is 32.2. The number of nitro benzene ring substituents is 1. The average molecular weight is 365 g/mol. The van der Waals surface area contributed by atoms with E-state index in [2.05, 4.69) is 0 Å². The fraction of sp³-hybridized carbons (Fsp3) is 0.0769. The van der Waals surface area contributed by atoms with E-state index in [1.54, 1.807) is 0 Å². The smallest absolute Gasteiger partial charge is 0.341 e. The first kappa shape index (κ1) is 17.7. The number of hydrogen-bond donors (Lipinski definition) is 0. The number of hydrogen-bond acceptors (Lipinski definition) is 5. The number of rotatable bonds is 5. The van der Waals surface area contributed by atoms with Gasteiger partial charge in [-0.05, 0) is 12.1 Å². The van der Waals surface area contributed by atoms with Crippen molar-refractivity contribution in [2.24, 2.45) is 0 Å². The predicted molar refractivity (Wildman–Crippen MR) is 72.7 cm³/mol. The summed E-state index contributed by atoms with van der Waals surface area (Å²) >= 11 is 0. The van der Waals surface area contributed by atoms with E-state index in [0.29, 0.717) is 18.2 Å². The van der Waals surface area contributed by atoms with Gasteiger partial charge in [0.25, 0.3) is 0 Å². The van der Waals surface area contributed by atoms with E-state index < -0.39 is 54.2 Å². The number of ether oxygens (including phenoxy) is 1. The minimum atomic E-state index is -5.05. The second kappa shape index (κ2) is 6.43. The lowest BCUT2D eigenvalue weighted by Crippen LogP contribution is -2.11. The molecule has 0 aliphatic rings. The Balaban J connectivity index is 2.50. The molecule has 0 unspecified atom stereocenters. The van der Waals surface area contributed by atoms with Gasteiger partial charge in [0.15, 0.2) is 0 Å². The van der Waals surface area contributed by atoms with Crippen LogP contribution in [0.3, 0.4) is 0 Å². The van der Waals surface area contributed by atoms with Gasteiger partial charge in [0.1, 0.15) is 17.4 Å². The first-order chi connectivity index (χ1) is 11.1. The summed E-state index contributed by atoms with van der Waals surface area (Å²) in [7, 11) is -5.05. The minimum Gasteiger partial charge on any atom is -0.450 e. The van der Waals surface area contributed by atoms with Crippen molar-refractivity contribution in [1.82, 2.24) is 0 Å². The van der Waals surface area contributed by atoms with Crippen molar-refractivity contribution < 1.29 is 35.6 Å². The highest BCUT2D eigenvalue weighted by Crippen LogP contribution is 2.34. The van der Waals surface area contributed by atoms with Crippen LogP contribution in [0.2, 0.25) is 0 Å². The molecule has 2 rings (SSSR count). The fourth-order valence-electron chi connectivity index (χ4n) is 1.72. The van der Waals surface area contributed by atoms with Crippen LogP contribution in [0.4, 0.5) is 23.2 Å². The van der Waals surface area contributed by atoms with E-state index >= 15 is 0 Å². The van der Waals surface area contributed by atoms with Gasteiger partial charge in [-0.25, -0.2) is 17.2 Å². The average Bonchev–Trinajstić information content (AvgIpc) is 2.45. The molecule has 0 radical (unpaired) electrons. The maximum atomic E-state index is 13.1. The van der Waals surface area contributed by atoms with E-state index in [-0.39, 0.29) is 0 Å². The van der Waals surface area contributed by atoms with Gasteiger partial charge >= 0.3 is 11.4 Å². The largest absolute Gasteiger partial charge is 0.450 e. The summed E-state index contributed by atoms with van der Waals surface area (Å²) in [5, 5.41) is 11.0. The highest BCUT2D eigenvalue weighted by Gasteiger charge is 2.30. The quantitative estimate of drug-likeness (QED) is 0.458. The van der Waals surface area contributed by atoms with E-state index in [9.17, 15) is 36.1 Å². The molecule has 6 nitrogen and oxygen atoms in total. The molecule has 0 fully saturated rings. The molecule has 24 heavy (non-hydrogen) atoms. The SMILES string of the molecule is O=[N+]([O-])c1cc(S(=O)(=O)C(F)F)ccc1Oc1cc(F)cc(F)c1. The van der Waals surface area contributed by atoms with Crippen LogP contribution in [-0.4, -0.2) is 19.1 Å². The zero-order valence-corrected chi connectivity index (χ0v) is 12.3. The summed E-state index contributed by atoms with van der Waals surface area (Å²) in [6, 6.07) is 3.80. The first-order valence-electron chi connectivity index (χ1n) is 6.05. The monoisotopic (exact) mass is 365 g/mol. The van der Waals surface area contributed by atoms with Gasteiger partial charge in [-0.15, -0.1) is 0 Å². The maximum Gasteiger partial charge on any atom is 0.341 e. The zero-order chi connectivity index (χ0) is 18.1. The third-order valence-electron chi connectivity index (χ3n) is 2.75. The van der Waals surface area contributed by atoms with Crippen LogP contribution in [-0.2, 0) is 9.84 Å². The Morgan fingerprint density at radius 1 is 1.04 bits per heavy atom. The number of alkyl halides is 2. The molecule has 0 heterocycles. The van der Waals surface area contributed by atoms with Crippen LogP contribution in [0, 0.1) is 21.7 Å². The molecule has 2 aromatic carbocycles. The molecule has 0 aliphatic carbocycles. The molecule has 0 atom stereocenters. The zero-order valence-electron chi connectivity index (χ0n) is 11.5. The van der Waals surface area contributed by atoms with Crippen molar-refractivity contribution in [2.75, 3.05) is 0 Å². The molecule has 0 amide bonds. The second-order valence-electron chi connectivity index (χ2n) is 4.40. The predicted octanol–water partition coefficient (Wildman–Crippen LogP) is 3.66. The molecular weight excluding hydrogens is 358 g/mol. The molecule has 128 valence electrons. The first-order valence-corrected chi connectivity index (χ1v) is 7.60. The van der Waals surface area contributed by atoms with E-state index in [1.165, 1.54) is 0 Å². The van der Waals surface area contributed by atoms with Crippen molar-refractivity contribution in [2.45, 2.75) is 10.7 Å². The lowest BCUT2D eigenvalue weighted by atomic mass is 10.3. The highest BCUT2D eigenvalue weighted by molar-refractivity contribution is 7.91. The number of halogens is 4. The van der Waals surface area contributed by atoms with Crippen molar-refractivity contribution >= 4 is 15.5 Å². The van der Waals surface area contributed by atoms with Crippen LogP contribution in [0.25, 0.3) is 0 Å². The van der Waals surface area contributed by atoms with Crippen LogP contribution < -0.4 is 4.74 Å². The molecule has 11 heteroatoms. The molecule has 0 saturated carbocycles. The number of nitro groups is 1. The Morgan fingerprint density at radius 3 is 2.12 bits per heavy atom. The maximum absolute atomic E-state index is 13.1. The fourth-order valence-corrected chi connectivity index (χ4v) is 2.46. The van der Waals surface area contributed by atoms with Gasteiger partial charge in [-0.2, -0.15) is 8.78 Å². The molecular formula is C13H7F4NO5S. The topological polar surface area (TPSA) is 86.5 Å². The Morgan fingerprint density at radius 2 is 1.62 bits per heavy atom. The van der Waals surface area contributed by atoms with Gasteiger partial charge in [-0.1, -0.05) is 0 Å². The van der Waals surface area contributed by atoms with E-state index in [4.69, 9.17) is 4.74 Å². The summed E-state index contributed by atoms with van der Waals surface area (Å²) in [6.07, 6.45) is 0. The van der Waals surface area contributed by atoms with Gasteiger partial charge in [0.05, 0.1) is 9.82 Å². The van der Waals surface area contributed by atoms with Crippen molar-refractivity contribution in [3.63, 3.8) is 0 Å². The van der Waals surface area contributed by atoms with Crippen LogP contribution >= 0.6 is 0 Å². The third-order valence-corrected chi connectivity index (χ3v) is 4.13. The molecule has 0 aromatic heterocycles. The normalized spacial score (nSPS) is 11.5. The summed E-state index contributed by atoms with van der Waals surface area (Å²) in [6.45, 7) is 0. The Bertz CT molecular complexity index is 881. The number of nitrogens with zero attached hydrogens (tertiary/aromatic N) is 1. The summed E-state index contributed by atoms with van der Waals surface area (Å²) in [5.41, 5.74) is -0.957. The summed E-state index contributed by atoms with van der Waals surface area (Å²) in [4.78, 5) is 8.93. The summed E-state index contributed by atoms with van der Waals surface area (Å²) in [5.74, 6) is -6.78. The molecule has 2 aromatic rings. The van der Waals surface area contributed by atoms with Crippen LogP contribution in [0.15, 0.2) is 41.3 Å². The van der Waals surface area contributed by atoms with E-state index in [1.807, 2.05) is 0 Å². The lowest BCUT2D eigenvalue weighted by Gasteiger charge is -2.08. The third kappa shape index (κ3) is 3.62. The van der Waals surface area contributed by atoms with Crippen molar-refractivity contribution in [1.29, 1.82) is 0 Å². The minimum absolute atomic E-state index is 0.381. The lowest BCUT2D eigenvalue weighted by molar-refractivity contribution is -0.385. The molecule has 0 bridgehead atoms. The Labute approximate surface area is 132 Å². The van der Waals surface area contributed by atoms with Crippen LogP contribution in [0.1, 0.15) is 0 Å². The van der Waals surface area contributed by atoms with E-state index in [0.717, 1.165) is 18.2 Å². The Hall–Kier alpha value is -2.69. The Kier molecular flexibility index (Phi) is 4.73. The molecule has 0 saturated heterocycles. The molecule has 0 N–H and O–H groups in total. The molecule has 0 aliphatic heterocycles. The van der Waals surface area contributed by atoms with Crippen LogP contribution in [0.5, 0.6) is 11.5 Å². The van der Waals surface area contributed by atoms with Gasteiger partial charge in [-0.3, -0.25) is 10.1 Å².